The van der Waals surface area contributed by atoms with Gasteiger partial charge in [0.25, 0.3) is 0 Å². The number of nitrogens with zero attached hydrogens (tertiary/aromatic N) is 5. The van der Waals surface area contributed by atoms with Crippen LogP contribution in [-0.4, -0.2) is 25.0 Å². The van der Waals surface area contributed by atoms with Crippen molar-refractivity contribution in [3.63, 3.8) is 0 Å². The fraction of sp³-hybridized carbons (Fsp3) is 0.176. The lowest BCUT2D eigenvalue weighted by Crippen LogP contribution is -2.06. The second kappa shape index (κ2) is 7.33. The first-order chi connectivity index (χ1) is 12.9. The molecule has 0 fully saturated rings. The monoisotopic (exact) mass is 373 g/mol. The van der Waals surface area contributed by atoms with Gasteiger partial charge in [-0.15, -0.1) is 5.10 Å². The molecule has 27 heavy (non-hydrogen) atoms. The highest BCUT2D eigenvalue weighted by Crippen LogP contribution is 2.17. The zero-order valence-corrected chi connectivity index (χ0v) is 14.2. The number of aryl methyl sites for hydroxylation is 1. The number of aromatic nitrogens is 5. The molecule has 2 heterocycles. The molecule has 7 nitrogen and oxygen atoms in total. The lowest BCUT2D eigenvalue weighted by Gasteiger charge is -2.04. The minimum atomic E-state index is -1.54. The molecule has 1 aromatic carbocycles. The summed E-state index contributed by atoms with van der Waals surface area (Å²) in [5.41, 5.74) is 13.0. The first-order valence-corrected chi connectivity index (χ1v) is 7.86. The molecule has 0 unspecified atom stereocenters. The number of halogens is 3. The van der Waals surface area contributed by atoms with E-state index in [2.05, 4.69) is 32.1 Å². The van der Waals surface area contributed by atoms with E-state index >= 15 is 0 Å². The van der Waals surface area contributed by atoms with Crippen molar-refractivity contribution < 1.29 is 13.2 Å². The van der Waals surface area contributed by atoms with Crippen LogP contribution in [0.2, 0.25) is 0 Å². The van der Waals surface area contributed by atoms with Crippen LogP contribution >= 0.6 is 0 Å². The van der Waals surface area contributed by atoms with Gasteiger partial charge in [0.15, 0.2) is 17.5 Å². The van der Waals surface area contributed by atoms with Gasteiger partial charge in [-0.3, -0.25) is 0 Å². The minimum Gasteiger partial charge on any atom is -0.382 e. The minimum absolute atomic E-state index is 0.00237. The number of benzene rings is 1. The Morgan fingerprint density at radius 3 is 2.48 bits per heavy atom. The summed E-state index contributed by atoms with van der Waals surface area (Å²) in [5.74, 6) is 1.86. The van der Waals surface area contributed by atoms with Crippen LogP contribution in [0.3, 0.4) is 0 Å². The van der Waals surface area contributed by atoms with Crippen LogP contribution in [0.4, 0.5) is 24.9 Å². The Labute approximate surface area is 152 Å². The molecule has 0 radical (unpaired) electrons. The van der Waals surface area contributed by atoms with E-state index in [0.717, 1.165) is 16.8 Å². The highest BCUT2D eigenvalue weighted by atomic mass is 19.2. The number of hydrogen-bond acceptors (Lipinski definition) is 6. The third-order valence-electron chi connectivity index (χ3n) is 3.62. The first-order valence-electron chi connectivity index (χ1n) is 7.86. The van der Waals surface area contributed by atoms with Crippen molar-refractivity contribution in [2.45, 2.75) is 19.8 Å². The van der Waals surface area contributed by atoms with E-state index in [9.17, 15) is 13.2 Å². The zero-order chi connectivity index (χ0) is 19.6. The summed E-state index contributed by atoms with van der Waals surface area (Å²) in [6, 6.07) is 1.64. The summed E-state index contributed by atoms with van der Waals surface area (Å²) in [6.45, 7) is 1.89. The molecular weight excluding hydrogens is 359 g/mol. The lowest BCUT2D eigenvalue weighted by molar-refractivity contribution is 0.446. The molecule has 0 aliphatic carbocycles. The van der Waals surface area contributed by atoms with Gasteiger partial charge in [0.1, 0.15) is 5.82 Å². The van der Waals surface area contributed by atoms with Gasteiger partial charge in [-0.25, -0.2) is 22.8 Å². The molecule has 4 N–H and O–H groups in total. The Hall–Kier alpha value is -3.61. The van der Waals surface area contributed by atoms with Crippen molar-refractivity contribution in [3.8, 4) is 17.5 Å². The highest BCUT2D eigenvalue weighted by Gasteiger charge is 2.13. The van der Waals surface area contributed by atoms with E-state index < -0.39 is 17.5 Å². The van der Waals surface area contributed by atoms with E-state index in [1.807, 2.05) is 6.92 Å². The molecule has 10 heteroatoms. The zero-order valence-electron chi connectivity index (χ0n) is 14.2. The van der Waals surface area contributed by atoms with E-state index in [1.165, 1.54) is 6.20 Å². The molecule has 0 aliphatic rings. The smallest absolute Gasteiger partial charge is 0.222 e. The number of rotatable bonds is 3. The van der Waals surface area contributed by atoms with Crippen LogP contribution in [-0.2, 0) is 12.8 Å². The number of anilines is 2. The normalized spacial score (nSPS) is 10.5. The van der Waals surface area contributed by atoms with Crippen molar-refractivity contribution in [2.24, 2.45) is 0 Å². The van der Waals surface area contributed by atoms with Gasteiger partial charge in [0, 0.05) is 12.1 Å². The Bertz CT molecular complexity index is 1040. The maximum absolute atomic E-state index is 13.3. The largest absolute Gasteiger partial charge is 0.382 e. The number of hydrogen-bond donors (Lipinski definition) is 2. The molecule has 0 spiro atoms. The molecule has 0 aliphatic heterocycles. The second-order valence-corrected chi connectivity index (χ2v) is 5.50. The Morgan fingerprint density at radius 2 is 1.81 bits per heavy atom. The first kappa shape index (κ1) is 18.2. The van der Waals surface area contributed by atoms with Crippen molar-refractivity contribution in [3.05, 3.63) is 52.7 Å². The Morgan fingerprint density at radius 1 is 1.11 bits per heavy atom. The number of nitrogens with two attached hydrogens (primary N) is 2. The van der Waals surface area contributed by atoms with Gasteiger partial charge in [-0.2, -0.15) is 4.98 Å². The maximum Gasteiger partial charge on any atom is 0.222 e. The predicted octanol–water partition coefficient (Wildman–Crippen LogP) is 1.80. The molecule has 0 saturated heterocycles. The summed E-state index contributed by atoms with van der Waals surface area (Å²) in [7, 11) is 0. The van der Waals surface area contributed by atoms with Crippen molar-refractivity contribution in [1.29, 1.82) is 0 Å². The van der Waals surface area contributed by atoms with Crippen LogP contribution in [0.5, 0.6) is 0 Å². The van der Waals surface area contributed by atoms with Crippen LogP contribution in [0.15, 0.2) is 18.3 Å². The van der Waals surface area contributed by atoms with Crippen molar-refractivity contribution >= 4 is 11.8 Å². The molecule has 2 aromatic heterocycles. The van der Waals surface area contributed by atoms with Gasteiger partial charge in [0.2, 0.25) is 5.95 Å². The summed E-state index contributed by atoms with van der Waals surface area (Å²) in [6.07, 6.45) is 2.21. The number of nitrogen functional groups attached to an aromatic ring is 2. The molecule has 3 rings (SSSR count). The lowest BCUT2D eigenvalue weighted by atomic mass is 10.1. The molecule has 0 amide bonds. The Kier molecular flexibility index (Phi) is 4.94. The maximum atomic E-state index is 13.3. The molecule has 0 atom stereocenters. The molecule has 0 saturated carbocycles. The van der Waals surface area contributed by atoms with Crippen molar-refractivity contribution in [1.82, 2.24) is 25.0 Å². The molecule has 0 bridgehead atoms. The van der Waals surface area contributed by atoms with Gasteiger partial charge in [-0.1, -0.05) is 24.0 Å². The molecular formula is C17H14F3N7. The molecule has 3 aromatic rings. The van der Waals surface area contributed by atoms with Crippen LogP contribution in [0.25, 0.3) is 5.69 Å². The van der Waals surface area contributed by atoms with Gasteiger partial charge < -0.3 is 11.5 Å². The predicted molar refractivity (Wildman–Crippen MR) is 92.0 cm³/mol. The third-order valence-corrected chi connectivity index (χ3v) is 3.62. The summed E-state index contributed by atoms with van der Waals surface area (Å²) in [4.78, 5) is 7.98. The topological polar surface area (TPSA) is 109 Å². The summed E-state index contributed by atoms with van der Waals surface area (Å²) in [5, 5.41) is 7.64. The third kappa shape index (κ3) is 3.82. The Balaban J connectivity index is 1.82. The second-order valence-electron chi connectivity index (χ2n) is 5.50. The highest BCUT2D eigenvalue weighted by molar-refractivity contribution is 5.55. The van der Waals surface area contributed by atoms with Crippen LogP contribution in [0.1, 0.15) is 23.9 Å². The van der Waals surface area contributed by atoms with Gasteiger partial charge in [-0.05, 0) is 6.42 Å². The van der Waals surface area contributed by atoms with Crippen LogP contribution in [0, 0.1) is 29.3 Å². The van der Waals surface area contributed by atoms with Crippen LogP contribution < -0.4 is 11.5 Å². The van der Waals surface area contributed by atoms with E-state index in [-0.39, 0.29) is 23.9 Å². The fourth-order valence-electron chi connectivity index (χ4n) is 2.34. The van der Waals surface area contributed by atoms with E-state index in [0.29, 0.717) is 23.4 Å². The average Bonchev–Trinajstić information content (AvgIpc) is 3.09. The summed E-state index contributed by atoms with van der Waals surface area (Å²) >= 11 is 0. The van der Waals surface area contributed by atoms with E-state index in [1.54, 1.807) is 0 Å². The van der Waals surface area contributed by atoms with Gasteiger partial charge in [0.05, 0.1) is 35.3 Å². The van der Waals surface area contributed by atoms with Crippen molar-refractivity contribution in [2.75, 3.05) is 11.5 Å². The molecule has 138 valence electrons. The average molecular weight is 373 g/mol. The summed E-state index contributed by atoms with van der Waals surface area (Å²) < 4.78 is 40.8. The SMILES string of the molecule is CCc1nc(N)nc(N)c1C#CCc1cn(-c2cc(F)c(F)c(F)c2)nn1. The van der Waals surface area contributed by atoms with E-state index in [4.69, 9.17) is 11.5 Å². The quantitative estimate of drug-likeness (QED) is 0.535. The van der Waals surface area contributed by atoms with Gasteiger partial charge >= 0.3 is 0 Å². The standard InChI is InChI=1S/C17H14F3N7/c1-2-14-11(16(21)24-17(22)23-14)5-3-4-9-8-27(26-25-9)10-6-12(18)15(20)13(19)7-10/h6-8H,2,4H2,1H3,(H4,21,22,23,24). The fourth-order valence-corrected chi connectivity index (χ4v) is 2.34.